The van der Waals surface area contributed by atoms with Crippen LogP contribution in [0, 0.1) is 148 Å². The lowest BCUT2D eigenvalue weighted by Crippen LogP contribution is -2.24. The van der Waals surface area contributed by atoms with Gasteiger partial charge in [0.25, 0.3) is 0 Å². The maximum Gasteiger partial charge on any atom is 0.0433 e. The summed E-state index contributed by atoms with van der Waals surface area (Å²) in [5, 5.41) is 0. The van der Waals surface area contributed by atoms with Gasteiger partial charge in [-0.1, -0.05) is 218 Å². The second-order valence-corrected chi connectivity index (χ2v) is 33.1. The molecule has 0 aromatic heterocycles. The third-order valence-electron chi connectivity index (χ3n) is 27.7. The van der Waals surface area contributed by atoms with Crippen LogP contribution in [0.4, 0.5) is 0 Å². The molecule has 558 valence electrons. The molecule has 13 aromatic rings. The molecule has 0 unspecified atom stereocenters. The molecule has 0 saturated carbocycles. The van der Waals surface area contributed by atoms with Crippen molar-refractivity contribution in [1.29, 1.82) is 0 Å². The number of terminal acetylenes is 12. The van der Waals surface area contributed by atoms with E-state index in [-0.39, 0.29) is 0 Å². The predicted octanol–water partition coefficient (Wildman–Crippen LogP) is 25.6. The molecule has 0 bridgehead atoms. The number of hydrogen-bond donors (Lipinski definition) is 0. The van der Waals surface area contributed by atoms with Crippen LogP contribution in [0.15, 0.2) is 255 Å². The van der Waals surface area contributed by atoms with E-state index in [0.717, 1.165) is 200 Å². The zero-order chi connectivity index (χ0) is 82.5. The molecule has 0 heterocycles. The van der Waals surface area contributed by atoms with Gasteiger partial charge in [0.2, 0.25) is 0 Å². The van der Waals surface area contributed by atoms with E-state index in [9.17, 15) is 0 Å². The molecule has 13 aromatic carbocycles. The van der Waals surface area contributed by atoms with E-state index in [4.69, 9.17) is 77.1 Å². The Kier molecular flexibility index (Phi) is 17.9. The third-order valence-corrected chi connectivity index (χ3v) is 27.7. The van der Waals surface area contributed by atoms with E-state index in [1.165, 1.54) is 0 Å². The van der Waals surface area contributed by atoms with Crippen LogP contribution in [0.1, 0.15) is 144 Å². The monoisotopic (exact) mass is 1520 g/mol. The summed E-state index contributed by atoms with van der Waals surface area (Å²) in [6.07, 6.45) is 84.7. The van der Waals surface area contributed by atoms with Crippen molar-refractivity contribution in [2.75, 3.05) is 0 Å². The Labute approximate surface area is 707 Å². The first-order valence-corrected chi connectivity index (χ1v) is 40.8. The number of hydrogen-bond acceptors (Lipinski definition) is 0. The Hall–Kier alpha value is -15.4. The highest BCUT2D eigenvalue weighted by atomic mass is 14.5. The Morgan fingerprint density at radius 1 is 0.142 bits per heavy atom. The number of benzene rings is 13. The molecule has 0 N–H and O–H groups in total. The van der Waals surface area contributed by atoms with Crippen LogP contribution in [0.2, 0.25) is 0 Å². The SMILES string of the molecule is C#CCC1(CC#C)c2ccccc2-c2ccc(-c3c(-c4ccc5c(c4)C(CC#C)(CC#C)c4ccccc4-5)c(-c4ccc5c(c4)C(CC#C)(CC#C)c4ccccc4-5)c(-c4ccc5c(c4)C(CC#C)(CC#C)c4ccccc4-5)c(-c4ccc5c(c4)C(CC#C)(CC#C)c4ccccc4-5)c3-c3ccc4c(c3)C(CC#C)(CC#C)c3ccccc3-4)cc21. The lowest BCUT2D eigenvalue weighted by Gasteiger charge is -2.34. The van der Waals surface area contributed by atoms with E-state index < -0.39 is 32.5 Å². The van der Waals surface area contributed by atoms with Gasteiger partial charge in [-0.2, -0.15) is 0 Å². The Balaban J connectivity index is 1.10. The third kappa shape index (κ3) is 10.3. The van der Waals surface area contributed by atoms with Gasteiger partial charge in [-0.15, -0.1) is 148 Å². The van der Waals surface area contributed by atoms with Gasteiger partial charge in [-0.3, -0.25) is 0 Å². The van der Waals surface area contributed by atoms with Crippen molar-refractivity contribution in [1.82, 2.24) is 0 Å². The fraction of sp³-hybridized carbons (Fsp3) is 0.150. The first-order chi connectivity index (χ1) is 58.9. The van der Waals surface area contributed by atoms with Gasteiger partial charge in [0.15, 0.2) is 0 Å². The molecule has 0 heteroatoms. The van der Waals surface area contributed by atoms with E-state index in [0.29, 0.717) is 77.0 Å². The van der Waals surface area contributed by atoms with Gasteiger partial charge in [0.05, 0.1) is 0 Å². The summed E-state index contributed by atoms with van der Waals surface area (Å²) in [6, 6.07) is 93.6. The molecule has 0 aliphatic heterocycles. The second kappa shape index (κ2) is 28.8. The molecule has 6 aliphatic carbocycles. The molecule has 0 radical (unpaired) electrons. The van der Waals surface area contributed by atoms with Crippen molar-refractivity contribution in [3.63, 3.8) is 0 Å². The Morgan fingerprint density at radius 2 is 0.258 bits per heavy atom. The van der Waals surface area contributed by atoms with Gasteiger partial charge in [0.1, 0.15) is 0 Å². The first kappa shape index (κ1) is 74.7. The van der Waals surface area contributed by atoms with Gasteiger partial charge in [0, 0.05) is 110 Å². The highest BCUT2D eigenvalue weighted by Crippen LogP contribution is 2.66. The standard InChI is InChI=1S/C120H78/c1-13-61-115(62-14-2)97-43-31-25-37-85(97)91-55-49-79(73-103(91)115)109-110(80-50-56-92-86-38-26-32-44-98(86)116(63-15-3,64-16-4)104(92)74-80)112(82-52-58-94-88-40-28-34-46-100(88)118(67-19-7,68-20-8)106(94)76-82)114(84-54-60-96-90-42-30-36-48-102(90)120(71-23-11,72-24-12)108(96)78-84)113(83-53-59-95-89-41-29-35-47-101(89)119(69-21-9,70-22-10)107(95)77-83)111(109)81-51-57-93-87-39-27-33-45-99(87)117(65-17-5,66-18-6)105(93)75-81/h1-12,25-60,73-78H,61-72H2. The molecule has 0 fully saturated rings. The molecule has 6 aliphatic rings. The summed E-state index contributed by atoms with van der Waals surface area (Å²) in [5.74, 6) is 38.2. The largest absolute Gasteiger partial charge is 0.120 e. The minimum atomic E-state index is -0.825. The fourth-order valence-corrected chi connectivity index (χ4v) is 22.9. The quantitative estimate of drug-likeness (QED) is 0.0751. The second-order valence-electron chi connectivity index (χ2n) is 33.1. The molecule has 0 spiro atoms. The average molecular weight is 1520 g/mol. The molecule has 0 nitrogen and oxygen atoms in total. The van der Waals surface area contributed by atoms with Crippen molar-refractivity contribution in [2.45, 2.75) is 110 Å². The van der Waals surface area contributed by atoms with Crippen molar-refractivity contribution in [3.05, 3.63) is 322 Å². The van der Waals surface area contributed by atoms with Crippen LogP contribution in [0.5, 0.6) is 0 Å². The predicted molar refractivity (Wildman–Crippen MR) is 498 cm³/mol. The van der Waals surface area contributed by atoms with Gasteiger partial charge >= 0.3 is 0 Å². The molecule has 0 amide bonds. The summed E-state index contributed by atoms with van der Waals surface area (Å²) in [5.41, 5.74) is 31.0. The summed E-state index contributed by atoms with van der Waals surface area (Å²) < 4.78 is 0. The summed E-state index contributed by atoms with van der Waals surface area (Å²) in [4.78, 5) is 0. The maximum atomic E-state index is 6.74. The van der Waals surface area contributed by atoms with E-state index >= 15 is 0 Å². The highest BCUT2D eigenvalue weighted by Gasteiger charge is 2.50. The Morgan fingerprint density at radius 3 is 0.383 bits per heavy atom. The number of rotatable bonds is 18. The maximum absolute atomic E-state index is 6.74. The zero-order valence-electron chi connectivity index (χ0n) is 66.7. The van der Waals surface area contributed by atoms with E-state index in [2.05, 4.69) is 326 Å². The molecule has 0 saturated heterocycles. The summed E-state index contributed by atoms with van der Waals surface area (Å²) in [7, 11) is 0. The van der Waals surface area contributed by atoms with Crippen LogP contribution >= 0.6 is 0 Å². The van der Waals surface area contributed by atoms with Crippen LogP contribution in [-0.2, 0) is 32.5 Å². The lowest BCUT2D eigenvalue weighted by atomic mass is 9.68. The molecule has 0 atom stereocenters. The molecular formula is C120H78. The van der Waals surface area contributed by atoms with Gasteiger partial charge < -0.3 is 0 Å². The highest BCUT2D eigenvalue weighted by molar-refractivity contribution is 6.17. The normalized spacial score (nSPS) is 14.7. The zero-order valence-corrected chi connectivity index (χ0v) is 66.7. The van der Waals surface area contributed by atoms with Gasteiger partial charge in [-0.05, 0) is 237 Å². The van der Waals surface area contributed by atoms with Crippen molar-refractivity contribution in [2.24, 2.45) is 0 Å². The minimum Gasteiger partial charge on any atom is -0.120 e. The molecular weight excluding hydrogens is 1440 g/mol. The minimum absolute atomic E-state index is 0.321. The smallest absolute Gasteiger partial charge is 0.0433 e. The van der Waals surface area contributed by atoms with Crippen molar-refractivity contribution < 1.29 is 0 Å². The van der Waals surface area contributed by atoms with Gasteiger partial charge in [-0.25, -0.2) is 0 Å². The van der Waals surface area contributed by atoms with E-state index in [1.54, 1.807) is 0 Å². The molecule has 19 rings (SSSR count). The van der Waals surface area contributed by atoms with E-state index in [1.807, 2.05) is 0 Å². The van der Waals surface area contributed by atoms with Crippen molar-refractivity contribution in [3.8, 4) is 282 Å². The Bertz CT molecular complexity index is 5990. The first-order valence-electron chi connectivity index (χ1n) is 40.8. The number of fused-ring (bicyclic) bond motifs is 18. The van der Waals surface area contributed by atoms with Crippen molar-refractivity contribution >= 4 is 0 Å². The van der Waals surface area contributed by atoms with Crippen LogP contribution in [0.3, 0.4) is 0 Å². The summed E-state index contributed by atoms with van der Waals surface area (Å²) in [6.45, 7) is 0. The van der Waals surface area contributed by atoms with Crippen LogP contribution in [0.25, 0.3) is 134 Å². The molecule has 120 heavy (non-hydrogen) atoms. The van der Waals surface area contributed by atoms with Crippen LogP contribution < -0.4 is 0 Å². The average Bonchev–Trinajstić information content (AvgIpc) is 1.25. The topological polar surface area (TPSA) is 0 Å². The summed E-state index contributed by atoms with van der Waals surface area (Å²) >= 11 is 0. The fourth-order valence-electron chi connectivity index (χ4n) is 22.9. The van der Waals surface area contributed by atoms with Crippen LogP contribution in [-0.4, -0.2) is 0 Å². The lowest BCUT2D eigenvalue weighted by molar-refractivity contribution is 0.560.